The molecule has 1 amide bonds. The molecule has 1 aliphatic rings. The molecule has 1 aromatic carbocycles. The molecule has 1 atom stereocenters. The van der Waals surface area contributed by atoms with Crippen LogP contribution in [0.4, 0.5) is 0 Å². The molecule has 0 bridgehead atoms. The maximum atomic E-state index is 12.4. The van der Waals surface area contributed by atoms with Gasteiger partial charge in [-0.25, -0.2) is 0 Å². The molecule has 3 heteroatoms. The summed E-state index contributed by atoms with van der Waals surface area (Å²) in [5.41, 5.74) is 6.48. The Morgan fingerprint density at radius 1 is 1.05 bits per heavy atom. The fraction of sp³-hybridized carbons (Fsp3) is 0.588. The molecule has 2 N–H and O–H groups in total. The highest BCUT2D eigenvalue weighted by Crippen LogP contribution is 2.32. The molecule has 20 heavy (non-hydrogen) atoms. The maximum Gasteiger partial charge on any atom is 0.251 e. The van der Waals surface area contributed by atoms with Crippen LogP contribution in [0, 0.1) is 40.5 Å². The molecule has 1 aromatic rings. The van der Waals surface area contributed by atoms with Crippen LogP contribution in [0.5, 0.6) is 0 Å². The summed E-state index contributed by atoms with van der Waals surface area (Å²) >= 11 is 0. The fourth-order valence-electron chi connectivity index (χ4n) is 2.77. The van der Waals surface area contributed by atoms with Crippen molar-refractivity contribution in [2.45, 2.75) is 53.6 Å². The van der Waals surface area contributed by atoms with Gasteiger partial charge in [-0.2, -0.15) is 0 Å². The SMILES string of the molecule is Cc1c(C)c(C)c(C(=O)NCC(O)C2CC2)c(C)c1C. The summed E-state index contributed by atoms with van der Waals surface area (Å²) in [5, 5.41) is 12.7. The maximum absolute atomic E-state index is 12.4. The van der Waals surface area contributed by atoms with Gasteiger partial charge in [0.25, 0.3) is 5.91 Å². The Labute approximate surface area is 121 Å². The fourth-order valence-corrected chi connectivity index (χ4v) is 2.77. The van der Waals surface area contributed by atoms with Gasteiger partial charge in [-0.15, -0.1) is 0 Å². The third-order valence-corrected chi connectivity index (χ3v) is 4.86. The Morgan fingerprint density at radius 3 is 1.95 bits per heavy atom. The van der Waals surface area contributed by atoms with E-state index in [2.05, 4.69) is 26.1 Å². The van der Waals surface area contributed by atoms with Crippen LogP contribution in [0.1, 0.15) is 51.0 Å². The number of carbonyl (C=O) groups is 1. The molecule has 0 aliphatic heterocycles. The quantitative estimate of drug-likeness (QED) is 0.887. The normalized spacial score (nSPS) is 16.1. The van der Waals surface area contributed by atoms with Crippen LogP contribution in [-0.4, -0.2) is 23.7 Å². The summed E-state index contributed by atoms with van der Waals surface area (Å²) in [4.78, 5) is 12.4. The molecular weight excluding hydrogens is 250 g/mol. The van der Waals surface area contributed by atoms with E-state index in [0.717, 1.165) is 29.5 Å². The van der Waals surface area contributed by atoms with E-state index in [-0.39, 0.29) is 5.91 Å². The number of rotatable bonds is 4. The summed E-state index contributed by atoms with van der Waals surface area (Å²) in [6.07, 6.45) is 1.77. The van der Waals surface area contributed by atoms with Crippen LogP contribution >= 0.6 is 0 Å². The largest absolute Gasteiger partial charge is 0.391 e. The van der Waals surface area contributed by atoms with Crippen molar-refractivity contribution in [3.8, 4) is 0 Å². The number of hydrogen-bond donors (Lipinski definition) is 2. The highest BCUT2D eigenvalue weighted by Gasteiger charge is 2.30. The number of carbonyl (C=O) groups excluding carboxylic acids is 1. The Kier molecular flexibility index (Phi) is 4.19. The van der Waals surface area contributed by atoms with Crippen LogP contribution in [0.2, 0.25) is 0 Å². The smallest absolute Gasteiger partial charge is 0.251 e. The van der Waals surface area contributed by atoms with E-state index in [1.54, 1.807) is 0 Å². The highest BCUT2D eigenvalue weighted by atomic mass is 16.3. The van der Waals surface area contributed by atoms with Crippen molar-refractivity contribution >= 4 is 5.91 Å². The van der Waals surface area contributed by atoms with E-state index in [1.807, 2.05) is 13.8 Å². The molecule has 2 rings (SSSR count). The number of aliphatic hydroxyl groups is 1. The zero-order valence-electron chi connectivity index (χ0n) is 13.1. The average Bonchev–Trinajstić information content (AvgIpc) is 3.25. The summed E-state index contributed by atoms with van der Waals surface area (Å²) in [6, 6.07) is 0. The summed E-state index contributed by atoms with van der Waals surface area (Å²) in [5.74, 6) is 0.324. The molecule has 0 radical (unpaired) electrons. The molecule has 0 aromatic heterocycles. The molecule has 3 nitrogen and oxygen atoms in total. The van der Waals surface area contributed by atoms with Gasteiger partial charge in [-0.1, -0.05) is 0 Å². The second-order valence-electron chi connectivity index (χ2n) is 6.11. The predicted octanol–water partition coefficient (Wildman–Crippen LogP) is 2.73. The lowest BCUT2D eigenvalue weighted by atomic mass is 9.89. The van der Waals surface area contributed by atoms with E-state index in [9.17, 15) is 9.90 Å². The van der Waals surface area contributed by atoms with E-state index in [1.165, 1.54) is 16.7 Å². The lowest BCUT2D eigenvalue weighted by Crippen LogP contribution is -2.34. The van der Waals surface area contributed by atoms with Gasteiger partial charge in [0.15, 0.2) is 0 Å². The predicted molar refractivity (Wildman–Crippen MR) is 81.2 cm³/mol. The summed E-state index contributed by atoms with van der Waals surface area (Å²) < 4.78 is 0. The number of hydrogen-bond acceptors (Lipinski definition) is 2. The molecule has 110 valence electrons. The number of nitrogens with one attached hydrogen (secondary N) is 1. The Morgan fingerprint density at radius 2 is 1.50 bits per heavy atom. The Hall–Kier alpha value is -1.35. The van der Waals surface area contributed by atoms with Crippen LogP contribution < -0.4 is 5.32 Å². The number of aliphatic hydroxyl groups excluding tert-OH is 1. The van der Waals surface area contributed by atoms with Crippen molar-refractivity contribution in [2.24, 2.45) is 5.92 Å². The van der Waals surface area contributed by atoms with Gasteiger partial charge in [0, 0.05) is 12.1 Å². The highest BCUT2D eigenvalue weighted by molar-refractivity contribution is 5.98. The number of benzene rings is 1. The van der Waals surface area contributed by atoms with E-state index in [0.29, 0.717) is 12.5 Å². The van der Waals surface area contributed by atoms with Gasteiger partial charge < -0.3 is 10.4 Å². The molecule has 1 aliphatic carbocycles. The zero-order valence-corrected chi connectivity index (χ0v) is 13.1. The second-order valence-corrected chi connectivity index (χ2v) is 6.11. The molecule has 1 saturated carbocycles. The lowest BCUT2D eigenvalue weighted by Gasteiger charge is -2.19. The topological polar surface area (TPSA) is 49.3 Å². The molecule has 1 fully saturated rings. The van der Waals surface area contributed by atoms with Crippen LogP contribution in [0.25, 0.3) is 0 Å². The average molecular weight is 275 g/mol. The van der Waals surface area contributed by atoms with E-state index in [4.69, 9.17) is 0 Å². The van der Waals surface area contributed by atoms with Crippen LogP contribution in [0.15, 0.2) is 0 Å². The third-order valence-electron chi connectivity index (χ3n) is 4.86. The first-order chi connectivity index (χ1) is 9.34. The first kappa shape index (κ1) is 15.0. The minimum atomic E-state index is -0.396. The zero-order chi connectivity index (χ0) is 15.0. The lowest BCUT2D eigenvalue weighted by molar-refractivity contribution is 0.0899. The molecular formula is C17H25NO2. The minimum absolute atomic E-state index is 0.0640. The summed E-state index contributed by atoms with van der Waals surface area (Å²) in [6.45, 7) is 10.6. The number of amides is 1. The minimum Gasteiger partial charge on any atom is -0.391 e. The van der Waals surface area contributed by atoms with Crippen molar-refractivity contribution in [3.05, 3.63) is 33.4 Å². The van der Waals surface area contributed by atoms with Gasteiger partial charge in [0.05, 0.1) is 6.10 Å². The van der Waals surface area contributed by atoms with Crippen molar-refractivity contribution in [3.63, 3.8) is 0 Å². The summed E-state index contributed by atoms with van der Waals surface area (Å²) in [7, 11) is 0. The molecule has 0 saturated heterocycles. The first-order valence-corrected chi connectivity index (χ1v) is 7.37. The molecule has 0 heterocycles. The Balaban J connectivity index is 2.20. The van der Waals surface area contributed by atoms with Gasteiger partial charge in [-0.3, -0.25) is 4.79 Å². The van der Waals surface area contributed by atoms with Crippen LogP contribution in [0.3, 0.4) is 0 Å². The van der Waals surface area contributed by atoms with Crippen molar-refractivity contribution in [1.29, 1.82) is 0 Å². The van der Waals surface area contributed by atoms with Crippen molar-refractivity contribution in [2.75, 3.05) is 6.54 Å². The van der Waals surface area contributed by atoms with Crippen LogP contribution in [-0.2, 0) is 0 Å². The standard InChI is InChI=1S/C17H25NO2/c1-9-10(2)12(4)16(13(5)11(9)3)17(20)18-8-15(19)14-6-7-14/h14-15,19H,6-8H2,1-5H3,(H,18,20). The van der Waals surface area contributed by atoms with Crippen molar-refractivity contribution < 1.29 is 9.90 Å². The van der Waals surface area contributed by atoms with Gasteiger partial charge in [0.1, 0.15) is 0 Å². The second kappa shape index (κ2) is 5.57. The first-order valence-electron chi connectivity index (χ1n) is 7.37. The van der Waals surface area contributed by atoms with Gasteiger partial charge in [0.2, 0.25) is 0 Å². The third kappa shape index (κ3) is 2.73. The molecule has 0 spiro atoms. The van der Waals surface area contributed by atoms with Gasteiger partial charge in [-0.05, 0) is 81.2 Å². The monoisotopic (exact) mass is 275 g/mol. The molecule has 1 unspecified atom stereocenters. The van der Waals surface area contributed by atoms with E-state index < -0.39 is 6.10 Å². The Bertz CT molecular complexity index is 515. The van der Waals surface area contributed by atoms with Crippen molar-refractivity contribution in [1.82, 2.24) is 5.32 Å². The van der Waals surface area contributed by atoms with Gasteiger partial charge >= 0.3 is 0 Å². The van der Waals surface area contributed by atoms with E-state index >= 15 is 0 Å².